The van der Waals surface area contributed by atoms with Gasteiger partial charge in [-0.2, -0.15) is 13.2 Å². The van der Waals surface area contributed by atoms with Crippen LogP contribution in [0.15, 0.2) is 42.7 Å². The summed E-state index contributed by atoms with van der Waals surface area (Å²) in [7, 11) is 0. The molecule has 2 nitrogen and oxygen atoms in total. The number of aryl methyl sites for hydroxylation is 1. The second-order valence-corrected chi connectivity index (χ2v) is 4.24. The van der Waals surface area contributed by atoms with E-state index in [2.05, 4.69) is 10.3 Å². The van der Waals surface area contributed by atoms with Gasteiger partial charge in [0.25, 0.3) is 0 Å². The minimum Gasteiger partial charge on any atom is -0.381 e. The van der Waals surface area contributed by atoms with Gasteiger partial charge in [0.05, 0.1) is 5.56 Å². The van der Waals surface area contributed by atoms with Crippen molar-refractivity contribution in [3.05, 3.63) is 59.4 Å². The van der Waals surface area contributed by atoms with Gasteiger partial charge in [-0.3, -0.25) is 4.98 Å². The van der Waals surface area contributed by atoms with E-state index in [4.69, 9.17) is 0 Å². The summed E-state index contributed by atoms with van der Waals surface area (Å²) in [5.41, 5.74) is 0.974. The predicted octanol–water partition coefficient (Wildman–Crippen LogP) is 4.02. The number of nitrogens with one attached hydrogen (secondary N) is 1. The van der Waals surface area contributed by atoms with Crippen LogP contribution in [0.5, 0.6) is 0 Å². The van der Waals surface area contributed by atoms with Crippen molar-refractivity contribution in [2.45, 2.75) is 19.6 Å². The first-order valence-electron chi connectivity index (χ1n) is 5.77. The third-order valence-electron chi connectivity index (χ3n) is 2.76. The molecule has 1 heterocycles. The Bertz CT molecular complexity index is 550. The highest BCUT2D eigenvalue weighted by Crippen LogP contribution is 2.33. The maximum Gasteiger partial charge on any atom is 0.416 e. The molecule has 0 saturated carbocycles. The van der Waals surface area contributed by atoms with Crippen LogP contribution < -0.4 is 5.32 Å². The van der Waals surface area contributed by atoms with Gasteiger partial charge >= 0.3 is 6.18 Å². The number of benzene rings is 1. The SMILES string of the molecule is Cc1ccc(NCc2cccnc2)cc1C(F)(F)F. The molecule has 0 fully saturated rings. The van der Waals surface area contributed by atoms with Crippen LogP contribution in [0, 0.1) is 6.92 Å². The van der Waals surface area contributed by atoms with E-state index in [-0.39, 0.29) is 5.56 Å². The first kappa shape index (κ1) is 13.4. The molecule has 5 heteroatoms. The lowest BCUT2D eigenvalue weighted by Crippen LogP contribution is -2.09. The number of hydrogen-bond acceptors (Lipinski definition) is 2. The lowest BCUT2D eigenvalue weighted by Gasteiger charge is -2.13. The molecule has 19 heavy (non-hydrogen) atoms. The zero-order chi connectivity index (χ0) is 13.9. The van der Waals surface area contributed by atoms with Crippen LogP contribution in [0.3, 0.4) is 0 Å². The van der Waals surface area contributed by atoms with E-state index in [1.165, 1.54) is 13.0 Å². The van der Waals surface area contributed by atoms with E-state index >= 15 is 0 Å². The van der Waals surface area contributed by atoms with Gasteiger partial charge in [0.1, 0.15) is 0 Å². The number of nitrogens with zero attached hydrogens (tertiary/aromatic N) is 1. The van der Waals surface area contributed by atoms with Gasteiger partial charge in [0, 0.05) is 24.6 Å². The highest BCUT2D eigenvalue weighted by molar-refractivity contribution is 5.49. The molecule has 0 amide bonds. The molecule has 0 aliphatic carbocycles. The molecular weight excluding hydrogens is 253 g/mol. The molecule has 0 spiro atoms. The molecule has 0 aliphatic rings. The van der Waals surface area contributed by atoms with Crippen LogP contribution >= 0.6 is 0 Å². The summed E-state index contributed by atoms with van der Waals surface area (Å²) in [4.78, 5) is 3.95. The van der Waals surface area contributed by atoms with Crippen LogP contribution in [0.2, 0.25) is 0 Å². The first-order chi connectivity index (χ1) is 8.97. The highest BCUT2D eigenvalue weighted by atomic mass is 19.4. The lowest BCUT2D eigenvalue weighted by molar-refractivity contribution is -0.138. The van der Waals surface area contributed by atoms with Crippen molar-refractivity contribution >= 4 is 5.69 Å². The standard InChI is InChI=1S/C14H13F3N2/c1-10-4-5-12(7-13(10)14(15,16)17)19-9-11-3-2-6-18-8-11/h2-8,19H,9H2,1H3. The molecule has 2 rings (SSSR count). The predicted molar refractivity (Wildman–Crippen MR) is 67.7 cm³/mol. The van der Waals surface area contributed by atoms with Gasteiger partial charge in [-0.1, -0.05) is 12.1 Å². The van der Waals surface area contributed by atoms with E-state index in [9.17, 15) is 13.2 Å². The Labute approximate surface area is 109 Å². The van der Waals surface area contributed by atoms with Crippen LogP contribution in [0.25, 0.3) is 0 Å². The van der Waals surface area contributed by atoms with Crippen LogP contribution in [0.4, 0.5) is 18.9 Å². The lowest BCUT2D eigenvalue weighted by atomic mass is 10.1. The Balaban J connectivity index is 2.14. The number of aromatic nitrogens is 1. The molecule has 1 aromatic heterocycles. The van der Waals surface area contributed by atoms with Crippen molar-refractivity contribution in [2.75, 3.05) is 5.32 Å². The Morgan fingerprint density at radius 1 is 1.21 bits per heavy atom. The zero-order valence-corrected chi connectivity index (χ0v) is 10.3. The minimum atomic E-state index is -4.32. The quantitative estimate of drug-likeness (QED) is 0.907. The number of anilines is 1. The molecule has 0 unspecified atom stereocenters. The van der Waals surface area contributed by atoms with Crippen LogP contribution in [-0.4, -0.2) is 4.98 Å². The molecule has 0 aliphatic heterocycles. The van der Waals surface area contributed by atoms with Gasteiger partial charge in [-0.05, 0) is 36.2 Å². The summed E-state index contributed by atoms with van der Waals surface area (Å²) < 4.78 is 38.3. The van der Waals surface area contributed by atoms with Crippen molar-refractivity contribution < 1.29 is 13.2 Å². The van der Waals surface area contributed by atoms with E-state index in [1.54, 1.807) is 24.5 Å². The summed E-state index contributed by atoms with van der Waals surface area (Å²) >= 11 is 0. The second-order valence-electron chi connectivity index (χ2n) is 4.24. The average molecular weight is 266 g/mol. The topological polar surface area (TPSA) is 24.9 Å². The van der Waals surface area contributed by atoms with Gasteiger partial charge < -0.3 is 5.32 Å². The Morgan fingerprint density at radius 3 is 2.63 bits per heavy atom. The number of alkyl halides is 3. The zero-order valence-electron chi connectivity index (χ0n) is 10.3. The highest BCUT2D eigenvalue weighted by Gasteiger charge is 2.32. The van der Waals surface area contributed by atoms with E-state index in [0.29, 0.717) is 12.2 Å². The fraction of sp³-hybridized carbons (Fsp3) is 0.214. The molecule has 0 radical (unpaired) electrons. The molecule has 2 aromatic rings. The second kappa shape index (κ2) is 5.30. The number of pyridine rings is 1. The molecule has 100 valence electrons. The van der Waals surface area contributed by atoms with Crippen LogP contribution in [0.1, 0.15) is 16.7 Å². The van der Waals surface area contributed by atoms with E-state index < -0.39 is 11.7 Å². The molecular formula is C14H13F3N2. The average Bonchev–Trinajstić information content (AvgIpc) is 2.37. The Kier molecular flexibility index (Phi) is 3.74. The molecule has 1 N–H and O–H groups in total. The van der Waals surface area contributed by atoms with Gasteiger partial charge in [0.2, 0.25) is 0 Å². The maximum absolute atomic E-state index is 12.8. The van der Waals surface area contributed by atoms with Gasteiger partial charge in [0.15, 0.2) is 0 Å². The largest absolute Gasteiger partial charge is 0.416 e. The third-order valence-corrected chi connectivity index (χ3v) is 2.76. The van der Waals surface area contributed by atoms with Crippen molar-refractivity contribution in [1.29, 1.82) is 0 Å². The number of halogens is 3. The van der Waals surface area contributed by atoms with E-state index in [1.807, 2.05) is 6.07 Å². The number of rotatable bonds is 3. The summed E-state index contributed by atoms with van der Waals surface area (Å²) in [6, 6.07) is 7.88. The summed E-state index contributed by atoms with van der Waals surface area (Å²) in [5.74, 6) is 0. The third kappa shape index (κ3) is 3.47. The van der Waals surface area contributed by atoms with E-state index in [0.717, 1.165) is 11.6 Å². The van der Waals surface area contributed by atoms with Crippen molar-refractivity contribution in [3.8, 4) is 0 Å². The summed E-state index contributed by atoms with van der Waals surface area (Å²) in [6.07, 6.45) is -1.00. The molecule has 0 atom stereocenters. The Morgan fingerprint density at radius 2 is 2.00 bits per heavy atom. The number of hydrogen-bond donors (Lipinski definition) is 1. The molecule has 1 aromatic carbocycles. The summed E-state index contributed by atoms with van der Waals surface area (Å²) in [5, 5.41) is 2.96. The maximum atomic E-state index is 12.8. The Hall–Kier alpha value is -2.04. The van der Waals surface area contributed by atoms with Crippen molar-refractivity contribution in [2.24, 2.45) is 0 Å². The smallest absolute Gasteiger partial charge is 0.381 e. The van der Waals surface area contributed by atoms with Gasteiger partial charge in [-0.15, -0.1) is 0 Å². The molecule has 0 bridgehead atoms. The monoisotopic (exact) mass is 266 g/mol. The van der Waals surface area contributed by atoms with Crippen LogP contribution in [-0.2, 0) is 12.7 Å². The normalized spacial score (nSPS) is 11.4. The fourth-order valence-electron chi connectivity index (χ4n) is 1.74. The van der Waals surface area contributed by atoms with Crippen molar-refractivity contribution in [3.63, 3.8) is 0 Å². The fourth-order valence-corrected chi connectivity index (χ4v) is 1.74. The summed E-state index contributed by atoms with van der Waals surface area (Å²) in [6.45, 7) is 1.89. The van der Waals surface area contributed by atoms with Gasteiger partial charge in [-0.25, -0.2) is 0 Å². The molecule has 0 saturated heterocycles. The minimum absolute atomic E-state index is 0.222. The first-order valence-corrected chi connectivity index (χ1v) is 5.77. The van der Waals surface area contributed by atoms with Crippen molar-refractivity contribution in [1.82, 2.24) is 4.98 Å².